The van der Waals surface area contributed by atoms with Crippen molar-refractivity contribution in [3.63, 3.8) is 0 Å². The van der Waals surface area contributed by atoms with Crippen LogP contribution in [0.15, 0.2) is 24.3 Å². The van der Waals surface area contributed by atoms with Crippen LogP contribution in [0.2, 0.25) is 0 Å². The molecule has 1 saturated heterocycles. The SMILES string of the molecule is CCNC(=O)CN(CC)C(=O)C[NH+]1CCN(c2ccc(F)cc2)CC1. The van der Waals surface area contributed by atoms with E-state index in [0.29, 0.717) is 19.6 Å². The Morgan fingerprint density at radius 1 is 1.20 bits per heavy atom. The highest BCUT2D eigenvalue weighted by Gasteiger charge is 2.25. The highest BCUT2D eigenvalue weighted by Crippen LogP contribution is 2.14. The number of benzene rings is 1. The zero-order valence-electron chi connectivity index (χ0n) is 15.1. The first-order valence-electron chi connectivity index (χ1n) is 8.92. The summed E-state index contributed by atoms with van der Waals surface area (Å²) >= 11 is 0. The minimum atomic E-state index is -0.231. The van der Waals surface area contributed by atoms with Crippen molar-refractivity contribution in [3.05, 3.63) is 30.1 Å². The average molecular weight is 351 g/mol. The minimum absolute atomic E-state index is 0.0129. The number of halogens is 1. The molecule has 0 atom stereocenters. The van der Waals surface area contributed by atoms with Crippen LogP contribution < -0.4 is 15.1 Å². The van der Waals surface area contributed by atoms with E-state index in [0.717, 1.165) is 31.9 Å². The third-order valence-electron chi connectivity index (χ3n) is 4.51. The molecule has 6 nitrogen and oxygen atoms in total. The summed E-state index contributed by atoms with van der Waals surface area (Å²) in [5.41, 5.74) is 1.01. The van der Waals surface area contributed by atoms with E-state index < -0.39 is 0 Å². The summed E-state index contributed by atoms with van der Waals surface area (Å²) in [7, 11) is 0. The van der Waals surface area contributed by atoms with Gasteiger partial charge in [-0.2, -0.15) is 0 Å². The molecule has 0 unspecified atom stereocenters. The number of anilines is 1. The largest absolute Gasteiger partial charge is 0.360 e. The number of likely N-dealkylation sites (N-methyl/N-ethyl adjacent to an activating group) is 2. The molecule has 1 aromatic carbocycles. The van der Waals surface area contributed by atoms with Crippen LogP contribution in [-0.4, -0.2) is 69.1 Å². The summed E-state index contributed by atoms with van der Waals surface area (Å²) in [5, 5.41) is 2.72. The molecule has 0 bridgehead atoms. The Balaban J connectivity index is 1.81. The quantitative estimate of drug-likeness (QED) is 0.697. The number of carbonyl (C=O) groups excluding carboxylic acids is 2. The lowest BCUT2D eigenvalue weighted by molar-refractivity contribution is -0.892. The number of rotatable bonds is 7. The van der Waals surface area contributed by atoms with Crippen molar-refractivity contribution < 1.29 is 18.9 Å². The van der Waals surface area contributed by atoms with E-state index >= 15 is 0 Å². The monoisotopic (exact) mass is 351 g/mol. The van der Waals surface area contributed by atoms with Gasteiger partial charge in [-0.1, -0.05) is 0 Å². The standard InChI is InChI=1S/C18H27FN4O2/c1-3-20-17(24)13-22(4-2)18(25)14-21-9-11-23(12-10-21)16-7-5-15(19)6-8-16/h5-8H,3-4,9-14H2,1-2H3,(H,20,24)/p+1. The molecule has 2 rings (SSSR count). The van der Waals surface area contributed by atoms with Gasteiger partial charge in [-0.25, -0.2) is 4.39 Å². The van der Waals surface area contributed by atoms with E-state index in [1.54, 1.807) is 17.0 Å². The van der Waals surface area contributed by atoms with Gasteiger partial charge in [0.1, 0.15) is 5.82 Å². The number of quaternary nitrogens is 1. The molecule has 2 amide bonds. The number of piperazine rings is 1. The third kappa shape index (κ3) is 5.70. The number of nitrogens with zero attached hydrogens (tertiary/aromatic N) is 2. The van der Waals surface area contributed by atoms with Gasteiger partial charge in [-0.3, -0.25) is 9.59 Å². The van der Waals surface area contributed by atoms with Crippen molar-refractivity contribution in [3.8, 4) is 0 Å². The van der Waals surface area contributed by atoms with E-state index in [1.165, 1.54) is 17.0 Å². The number of nitrogens with one attached hydrogen (secondary N) is 2. The van der Waals surface area contributed by atoms with Crippen LogP contribution in [0.3, 0.4) is 0 Å². The molecule has 0 spiro atoms. The minimum Gasteiger partial charge on any atom is -0.360 e. The van der Waals surface area contributed by atoms with Crippen molar-refractivity contribution in [2.75, 3.05) is 57.3 Å². The summed E-state index contributed by atoms with van der Waals surface area (Å²) in [6, 6.07) is 6.52. The first kappa shape index (κ1) is 19.2. The second kappa shape index (κ2) is 9.36. The Labute approximate surface area is 148 Å². The van der Waals surface area contributed by atoms with Crippen LogP contribution in [0.4, 0.5) is 10.1 Å². The van der Waals surface area contributed by atoms with Gasteiger partial charge in [0.25, 0.3) is 5.91 Å². The van der Waals surface area contributed by atoms with Crippen molar-refractivity contribution >= 4 is 17.5 Å². The summed E-state index contributed by atoms with van der Waals surface area (Å²) in [6.45, 7) is 8.74. The van der Waals surface area contributed by atoms with Crippen molar-refractivity contribution in [2.24, 2.45) is 0 Å². The van der Waals surface area contributed by atoms with E-state index in [2.05, 4.69) is 10.2 Å². The number of carbonyl (C=O) groups is 2. The molecule has 25 heavy (non-hydrogen) atoms. The van der Waals surface area contributed by atoms with Crippen LogP contribution in [0.1, 0.15) is 13.8 Å². The smallest absolute Gasteiger partial charge is 0.278 e. The Morgan fingerprint density at radius 3 is 2.40 bits per heavy atom. The van der Waals surface area contributed by atoms with E-state index in [-0.39, 0.29) is 24.2 Å². The molecule has 7 heteroatoms. The molecule has 1 heterocycles. The van der Waals surface area contributed by atoms with Gasteiger partial charge >= 0.3 is 0 Å². The highest BCUT2D eigenvalue weighted by atomic mass is 19.1. The van der Waals surface area contributed by atoms with Crippen molar-refractivity contribution in [2.45, 2.75) is 13.8 Å². The topological polar surface area (TPSA) is 57.1 Å². The first-order valence-corrected chi connectivity index (χ1v) is 8.92. The summed E-state index contributed by atoms with van der Waals surface area (Å²) in [4.78, 5) is 29.2. The maximum Gasteiger partial charge on any atom is 0.278 e. The maximum atomic E-state index is 13.0. The molecular weight excluding hydrogens is 323 g/mol. The molecule has 0 saturated carbocycles. The van der Waals surface area contributed by atoms with Gasteiger partial charge in [0, 0.05) is 18.8 Å². The molecule has 1 aliphatic rings. The molecule has 1 aromatic rings. The summed E-state index contributed by atoms with van der Waals surface area (Å²) < 4.78 is 13.0. The number of hydrogen-bond donors (Lipinski definition) is 2. The van der Waals surface area contributed by atoms with Crippen molar-refractivity contribution in [1.82, 2.24) is 10.2 Å². The average Bonchev–Trinajstić information content (AvgIpc) is 2.61. The van der Waals surface area contributed by atoms with Crippen LogP contribution in [0.5, 0.6) is 0 Å². The normalized spacial score (nSPS) is 15.1. The Kier molecular flexibility index (Phi) is 7.18. The van der Waals surface area contributed by atoms with Crippen LogP contribution in [0.25, 0.3) is 0 Å². The molecule has 0 aliphatic carbocycles. The number of hydrogen-bond acceptors (Lipinski definition) is 3. The van der Waals surface area contributed by atoms with Gasteiger partial charge in [-0.15, -0.1) is 0 Å². The summed E-state index contributed by atoms with van der Waals surface area (Å²) in [6.07, 6.45) is 0. The highest BCUT2D eigenvalue weighted by molar-refractivity contribution is 5.85. The zero-order valence-corrected chi connectivity index (χ0v) is 15.1. The van der Waals surface area contributed by atoms with Crippen LogP contribution in [-0.2, 0) is 9.59 Å². The van der Waals surface area contributed by atoms with E-state index in [4.69, 9.17) is 0 Å². The molecular formula is C18H28FN4O2+. The van der Waals surface area contributed by atoms with Gasteiger partial charge < -0.3 is 20.0 Å². The van der Waals surface area contributed by atoms with Gasteiger partial charge in [0.2, 0.25) is 5.91 Å². The molecule has 0 aromatic heterocycles. The Hall–Kier alpha value is -2.15. The lowest BCUT2D eigenvalue weighted by Crippen LogP contribution is -3.16. The molecule has 0 radical (unpaired) electrons. The first-order chi connectivity index (χ1) is 12.0. The fourth-order valence-electron chi connectivity index (χ4n) is 3.04. The lowest BCUT2D eigenvalue weighted by atomic mass is 10.2. The molecule has 2 N–H and O–H groups in total. The van der Waals surface area contributed by atoms with Gasteiger partial charge in [-0.05, 0) is 38.1 Å². The lowest BCUT2D eigenvalue weighted by Gasteiger charge is -2.34. The third-order valence-corrected chi connectivity index (χ3v) is 4.51. The predicted molar refractivity (Wildman–Crippen MR) is 95.1 cm³/mol. The second-order valence-corrected chi connectivity index (χ2v) is 6.25. The molecule has 1 aliphatic heterocycles. The second-order valence-electron chi connectivity index (χ2n) is 6.25. The van der Waals surface area contributed by atoms with Crippen LogP contribution in [0, 0.1) is 5.82 Å². The van der Waals surface area contributed by atoms with Gasteiger partial charge in [0.15, 0.2) is 6.54 Å². The zero-order chi connectivity index (χ0) is 18.2. The summed E-state index contributed by atoms with van der Waals surface area (Å²) in [5.74, 6) is -0.335. The Bertz CT molecular complexity index is 571. The van der Waals surface area contributed by atoms with E-state index in [1.807, 2.05) is 13.8 Å². The number of amides is 2. The predicted octanol–water partition coefficient (Wildman–Crippen LogP) is -0.485. The maximum absolute atomic E-state index is 13.0. The van der Waals surface area contributed by atoms with Crippen molar-refractivity contribution in [1.29, 1.82) is 0 Å². The fraction of sp³-hybridized carbons (Fsp3) is 0.556. The van der Waals surface area contributed by atoms with Crippen LogP contribution >= 0.6 is 0 Å². The fourth-order valence-corrected chi connectivity index (χ4v) is 3.04. The van der Waals surface area contributed by atoms with Gasteiger partial charge in [0.05, 0.1) is 32.7 Å². The molecule has 138 valence electrons. The van der Waals surface area contributed by atoms with E-state index in [9.17, 15) is 14.0 Å². The molecule has 1 fully saturated rings. The Morgan fingerprint density at radius 2 is 1.84 bits per heavy atom.